The van der Waals surface area contributed by atoms with E-state index in [0.29, 0.717) is 86.1 Å². The predicted molar refractivity (Wildman–Crippen MR) is 231 cm³/mol. The van der Waals surface area contributed by atoms with Crippen molar-refractivity contribution in [3.05, 3.63) is 126 Å². The smallest absolute Gasteiger partial charge is 0.350 e. The van der Waals surface area contributed by atoms with Crippen LogP contribution < -0.4 is 19.4 Å². The molecule has 2 amide bonds. The van der Waals surface area contributed by atoms with Crippen molar-refractivity contribution in [2.24, 2.45) is 20.5 Å². The van der Waals surface area contributed by atoms with E-state index in [9.17, 15) is 24.9 Å². The summed E-state index contributed by atoms with van der Waals surface area (Å²) in [5, 5.41) is 49.7. The zero-order valence-corrected chi connectivity index (χ0v) is 34.9. The minimum Gasteiger partial charge on any atom is -0.506 e. The number of aromatic hydroxyl groups is 1. The molecule has 15 heteroatoms. The molecule has 0 spiro atoms. The fraction of sp³-hybridized carbons (Fsp3) is 0.333. The summed E-state index contributed by atoms with van der Waals surface area (Å²) in [6, 6.07) is 27.1. The van der Waals surface area contributed by atoms with Gasteiger partial charge in [0.1, 0.15) is 29.4 Å². The fourth-order valence-electron chi connectivity index (χ4n) is 6.53. The third-order valence-corrected chi connectivity index (χ3v) is 9.82. The maximum absolute atomic E-state index is 13.3. The van der Waals surface area contributed by atoms with Crippen molar-refractivity contribution in [2.45, 2.75) is 39.8 Å². The Balaban J connectivity index is 1.07. The van der Waals surface area contributed by atoms with Crippen molar-refractivity contribution >= 4 is 46.1 Å². The topological polar surface area (TPSA) is 174 Å². The lowest BCUT2D eigenvalue weighted by Gasteiger charge is -2.22. The molecule has 3 aromatic carbocycles. The fourth-order valence-corrected chi connectivity index (χ4v) is 6.53. The number of phenolic OH excluding ortho intramolecular Hbond substituents is 1. The van der Waals surface area contributed by atoms with E-state index in [0.717, 1.165) is 23.5 Å². The lowest BCUT2D eigenvalue weighted by atomic mass is 10.1. The Morgan fingerprint density at radius 3 is 1.97 bits per heavy atom. The Morgan fingerprint density at radius 1 is 0.700 bits per heavy atom. The Morgan fingerprint density at radius 2 is 1.33 bits per heavy atom. The molecule has 0 aliphatic carbocycles. The SMILES string of the molecule is CCNc1cc(O)c(/N=N/c2ccc[n+](CCCN(C)C(=O)c3ccc(C(=O)N(C)CCC[n+]4ccccc4/N=N/c4ccc(N(CCO)CCO)cc4)cc3)c2)cc1C. The maximum atomic E-state index is 13.3. The molecule has 0 fully saturated rings. The minimum absolute atomic E-state index is 0.00770. The van der Waals surface area contributed by atoms with E-state index < -0.39 is 0 Å². The Labute approximate surface area is 351 Å². The molecule has 0 bridgehead atoms. The average molecular weight is 817 g/mol. The molecule has 314 valence electrons. The average Bonchev–Trinajstić information content (AvgIpc) is 3.26. The van der Waals surface area contributed by atoms with Gasteiger partial charge in [-0.25, -0.2) is 9.13 Å². The van der Waals surface area contributed by atoms with Crippen LogP contribution in [-0.2, 0) is 13.1 Å². The van der Waals surface area contributed by atoms with Gasteiger partial charge < -0.3 is 35.3 Å². The maximum Gasteiger partial charge on any atom is 0.350 e. The van der Waals surface area contributed by atoms with E-state index in [2.05, 4.69) is 25.8 Å². The number of carbonyl (C=O) groups is 2. The summed E-state index contributed by atoms with van der Waals surface area (Å²) in [6.45, 7) is 7.85. The van der Waals surface area contributed by atoms with Crippen LogP contribution in [-0.4, -0.2) is 97.0 Å². The number of aryl methyl sites for hydroxylation is 3. The number of pyridine rings is 2. The van der Waals surface area contributed by atoms with Crippen LogP contribution in [0.25, 0.3) is 0 Å². The van der Waals surface area contributed by atoms with Gasteiger partial charge in [0.25, 0.3) is 11.8 Å². The Bertz CT molecular complexity index is 2230. The van der Waals surface area contributed by atoms with Crippen LogP contribution >= 0.6 is 0 Å². The molecule has 0 atom stereocenters. The van der Waals surface area contributed by atoms with Gasteiger partial charge in [-0.3, -0.25) is 9.59 Å². The number of carbonyl (C=O) groups excluding carboxylic acids is 2. The number of phenols is 1. The third-order valence-electron chi connectivity index (χ3n) is 9.82. The highest BCUT2D eigenvalue weighted by Crippen LogP contribution is 2.33. The first kappa shape index (κ1) is 44.5. The number of nitrogens with zero attached hydrogens (tertiary/aromatic N) is 9. The molecule has 5 rings (SSSR count). The third kappa shape index (κ3) is 12.7. The second kappa shape index (κ2) is 22.5. The molecule has 5 aromatic rings. The standard InChI is InChI=1S/C45H55N10O5/c1-5-46-40-32-42(58)41(31-34(40)2)49-48-38-11-8-23-53(33-38)24-9-21-51(3)44(59)35-13-15-36(16-14-35)45(60)52(4)22-10-26-55-25-7-6-12-43(55)50-47-37-17-19-39(20-18-37)54(27-29-56)28-30-57/h6-8,11-20,23,25,31-33,56-57H,5,9-10,21-22,24,26-30H2,1-4H3,(H-,46,48,58)/q+1/p+1. The van der Waals surface area contributed by atoms with E-state index in [4.69, 9.17) is 0 Å². The zero-order chi connectivity index (χ0) is 42.9. The van der Waals surface area contributed by atoms with Gasteiger partial charge in [0, 0.05) is 100 Å². The van der Waals surface area contributed by atoms with Crippen LogP contribution in [0.1, 0.15) is 46.0 Å². The van der Waals surface area contributed by atoms with Crippen LogP contribution in [0.2, 0.25) is 0 Å². The highest BCUT2D eigenvalue weighted by Gasteiger charge is 2.17. The summed E-state index contributed by atoms with van der Waals surface area (Å²) >= 11 is 0. The summed E-state index contributed by atoms with van der Waals surface area (Å²) in [4.78, 5) is 31.8. The molecule has 0 unspecified atom stereocenters. The number of aliphatic hydroxyl groups excluding tert-OH is 2. The number of rotatable bonds is 21. The number of hydrogen-bond acceptors (Lipinski definition) is 11. The van der Waals surface area contributed by atoms with Crippen molar-refractivity contribution in [1.29, 1.82) is 0 Å². The quantitative estimate of drug-likeness (QED) is 0.0474. The van der Waals surface area contributed by atoms with Gasteiger partial charge in [0.15, 0.2) is 12.4 Å². The Hall–Kier alpha value is -6.58. The van der Waals surface area contributed by atoms with E-state index in [1.807, 2.05) is 101 Å². The molecular weight excluding hydrogens is 761 g/mol. The minimum atomic E-state index is -0.131. The van der Waals surface area contributed by atoms with Crippen LogP contribution in [0.3, 0.4) is 0 Å². The normalized spacial score (nSPS) is 11.3. The zero-order valence-electron chi connectivity index (χ0n) is 34.9. The van der Waals surface area contributed by atoms with Crippen LogP contribution in [0, 0.1) is 6.92 Å². The second-order valence-electron chi connectivity index (χ2n) is 14.3. The number of hydrogen-bond donors (Lipinski definition) is 4. The molecule has 0 radical (unpaired) electrons. The van der Waals surface area contributed by atoms with E-state index in [-0.39, 0.29) is 30.8 Å². The van der Waals surface area contributed by atoms with Gasteiger partial charge in [0.05, 0.1) is 31.1 Å². The van der Waals surface area contributed by atoms with Crippen molar-refractivity contribution in [2.75, 3.05) is 70.2 Å². The highest BCUT2D eigenvalue weighted by molar-refractivity contribution is 5.97. The molecule has 0 saturated carbocycles. The van der Waals surface area contributed by atoms with E-state index >= 15 is 0 Å². The molecule has 0 aliphatic rings. The second-order valence-corrected chi connectivity index (χ2v) is 14.3. The predicted octanol–water partition coefficient (Wildman–Crippen LogP) is 6.65. The first-order valence-electron chi connectivity index (χ1n) is 20.2. The van der Waals surface area contributed by atoms with Crippen molar-refractivity contribution < 1.29 is 34.0 Å². The van der Waals surface area contributed by atoms with Gasteiger partial charge in [-0.1, -0.05) is 6.07 Å². The Kier molecular flexibility index (Phi) is 16.7. The number of aliphatic hydroxyl groups is 2. The lowest BCUT2D eigenvalue weighted by Crippen LogP contribution is -2.36. The molecule has 2 heterocycles. The lowest BCUT2D eigenvalue weighted by molar-refractivity contribution is -0.696. The number of anilines is 2. The van der Waals surface area contributed by atoms with Crippen molar-refractivity contribution in [3.8, 4) is 5.75 Å². The van der Waals surface area contributed by atoms with Crippen LogP contribution in [0.5, 0.6) is 5.75 Å². The molecule has 0 aliphatic heterocycles. The summed E-state index contributed by atoms with van der Waals surface area (Å²) in [5.41, 5.74) is 5.42. The van der Waals surface area contributed by atoms with E-state index in [1.165, 1.54) is 0 Å². The number of aromatic nitrogens is 2. The highest BCUT2D eigenvalue weighted by atomic mass is 16.3. The summed E-state index contributed by atoms with van der Waals surface area (Å²) < 4.78 is 3.98. The molecule has 15 nitrogen and oxygen atoms in total. The van der Waals surface area contributed by atoms with Crippen molar-refractivity contribution in [3.63, 3.8) is 0 Å². The summed E-state index contributed by atoms with van der Waals surface area (Å²) in [6.07, 6.45) is 7.13. The molecule has 4 N–H and O–H groups in total. The van der Waals surface area contributed by atoms with Crippen LogP contribution in [0.15, 0.2) is 130 Å². The molecular formula is C45H56N10O5+2. The largest absolute Gasteiger partial charge is 0.506 e. The van der Waals surface area contributed by atoms with Crippen molar-refractivity contribution in [1.82, 2.24) is 9.80 Å². The number of benzene rings is 3. The number of nitrogens with one attached hydrogen (secondary N) is 1. The monoisotopic (exact) mass is 816 g/mol. The van der Waals surface area contributed by atoms with Gasteiger partial charge in [-0.15, -0.1) is 10.2 Å². The molecule has 0 saturated heterocycles. The first-order valence-corrected chi connectivity index (χ1v) is 20.2. The van der Waals surface area contributed by atoms with Gasteiger partial charge in [-0.2, -0.15) is 0 Å². The van der Waals surface area contributed by atoms with E-state index in [1.54, 1.807) is 60.3 Å². The van der Waals surface area contributed by atoms with Gasteiger partial charge in [0.2, 0.25) is 0 Å². The summed E-state index contributed by atoms with van der Waals surface area (Å²) in [5.74, 6) is 0.472. The number of amides is 2. The van der Waals surface area contributed by atoms with Gasteiger partial charge >= 0.3 is 5.82 Å². The molecule has 2 aromatic heterocycles. The number of azo groups is 2. The first-order chi connectivity index (χ1) is 29.1. The van der Waals surface area contributed by atoms with Crippen LogP contribution in [0.4, 0.5) is 34.3 Å². The van der Waals surface area contributed by atoms with Gasteiger partial charge in [-0.05, 0) is 91.3 Å². The summed E-state index contributed by atoms with van der Waals surface area (Å²) in [7, 11) is 3.54. The molecule has 60 heavy (non-hydrogen) atoms.